The number of hydrogen-bond acceptors (Lipinski definition) is 1. The third kappa shape index (κ3) is 2.03. The van der Waals surface area contributed by atoms with Crippen LogP contribution in [0.2, 0.25) is 14.8 Å². The SMILES string of the molecule is [CH3][Sn]([CH3])([CH3])[C]1=CC2CCC(C1)N2C(=O)O. The molecule has 2 unspecified atom stereocenters. The van der Waals surface area contributed by atoms with Gasteiger partial charge in [0.05, 0.1) is 0 Å². The fraction of sp³-hybridized carbons (Fsp3) is 0.727. The summed E-state index contributed by atoms with van der Waals surface area (Å²) in [5.74, 6) is 0. The molecule has 4 heteroatoms. The molecule has 2 heterocycles. The van der Waals surface area contributed by atoms with Crippen molar-refractivity contribution in [2.45, 2.75) is 46.2 Å². The summed E-state index contributed by atoms with van der Waals surface area (Å²) in [5, 5.41) is 9.12. The van der Waals surface area contributed by atoms with Gasteiger partial charge in [-0.1, -0.05) is 0 Å². The summed E-state index contributed by atoms with van der Waals surface area (Å²) in [5.41, 5.74) is 0. The van der Waals surface area contributed by atoms with Crippen LogP contribution in [0.25, 0.3) is 0 Å². The van der Waals surface area contributed by atoms with E-state index in [1.807, 2.05) is 0 Å². The Morgan fingerprint density at radius 2 is 2.13 bits per heavy atom. The summed E-state index contributed by atoms with van der Waals surface area (Å²) >= 11 is -1.94. The van der Waals surface area contributed by atoms with Crippen LogP contribution in [-0.4, -0.2) is 46.6 Å². The molecule has 0 aromatic carbocycles. The van der Waals surface area contributed by atoms with Gasteiger partial charge in [-0.05, 0) is 0 Å². The molecule has 1 amide bonds. The summed E-state index contributed by atoms with van der Waals surface area (Å²) in [6.07, 6.45) is 4.64. The standard InChI is InChI=1S/C8H10NO2.3CH3.Sn/c10-8(11)9-6-2-1-3-7(9)5-4-6;;;;/h2,6-7H,3-5H2,(H,10,11);3*1H3;. The van der Waals surface area contributed by atoms with Crippen molar-refractivity contribution >= 4 is 24.5 Å². The summed E-state index contributed by atoms with van der Waals surface area (Å²) in [6.45, 7) is 0. The monoisotopic (exact) mass is 317 g/mol. The van der Waals surface area contributed by atoms with Gasteiger partial charge in [0.25, 0.3) is 0 Å². The van der Waals surface area contributed by atoms with Gasteiger partial charge in [0.1, 0.15) is 0 Å². The maximum atomic E-state index is 11.1. The van der Waals surface area contributed by atoms with Crippen LogP contribution in [0.15, 0.2) is 9.67 Å². The van der Waals surface area contributed by atoms with E-state index in [-0.39, 0.29) is 12.1 Å². The van der Waals surface area contributed by atoms with E-state index in [9.17, 15) is 4.79 Å². The maximum absolute atomic E-state index is 11.1. The second-order valence-corrected chi connectivity index (χ2v) is 20.3. The van der Waals surface area contributed by atoms with E-state index in [1.165, 1.54) is 0 Å². The Kier molecular flexibility index (Phi) is 2.77. The van der Waals surface area contributed by atoms with E-state index in [4.69, 9.17) is 5.11 Å². The summed E-state index contributed by atoms with van der Waals surface area (Å²) in [4.78, 5) is 20.0. The first-order valence-corrected chi connectivity index (χ1v) is 15.6. The molecule has 0 aliphatic carbocycles. The first kappa shape index (κ1) is 11.3. The number of carbonyl (C=O) groups is 1. The van der Waals surface area contributed by atoms with Crippen molar-refractivity contribution in [1.29, 1.82) is 0 Å². The van der Waals surface area contributed by atoms with Crippen molar-refractivity contribution in [1.82, 2.24) is 4.90 Å². The van der Waals surface area contributed by atoms with Crippen LogP contribution in [0.3, 0.4) is 0 Å². The Bertz CT molecular complexity index is 319. The summed E-state index contributed by atoms with van der Waals surface area (Å²) in [7, 11) is 0. The van der Waals surface area contributed by atoms with Gasteiger partial charge in [-0.3, -0.25) is 0 Å². The van der Waals surface area contributed by atoms with Crippen molar-refractivity contribution in [3.05, 3.63) is 9.67 Å². The van der Waals surface area contributed by atoms with E-state index in [1.54, 1.807) is 8.49 Å². The molecule has 0 aromatic rings. The third-order valence-corrected chi connectivity index (χ3v) is 10.1. The molecule has 2 rings (SSSR count). The van der Waals surface area contributed by atoms with Crippen LogP contribution in [0.4, 0.5) is 4.79 Å². The third-order valence-electron chi connectivity index (χ3n) is 3.58. The molecule has 2 aliphatic heterocycles. The van der Waals surface area contributed by atoms with E-state index in [0.29, 0.717) is 0 Å². The molecule has 0 aromatic heterocycles. The molecular weight excluding hydrogens is 297 g/mol. The topological polar surface area (TPSA) is 40.5 Å². The molecule has 0 spiro atoms. The Hall–Kier alpha value is -0.191. The van der Waals surface area contributed by atoms with Crippen LogP contribution >= 0.6 is 0 Å². The van der Waals surface area contributed by atoms with Crippen molar-refractivity contribution in [2.24, 2.45) is 0 Å². The number of amides is 1. The molecule has 2 atom stereocenters. The minimum atomic E-state index is -1.94. The van der Waals surface area contributed by atoms with Gasteiger partial charge >= 0.3 is 95.1 Å². The Morgan fingerprint density at radius 3 is 2.60 bits per heavy atom. The van der Waals surface area contributed by atoms with Crippen LogP contribution in [-0.2, 0) is 0 Å². The molecule has 1 N–H and O–H groups in total. The van der Waals surface area contributed by atoms with Gasteiger partial charge in [0.2, 0.25) is 0 Å². The molecular formula is C11H19NO2Sn. The molecule has 1 fully saturated rings. The first-order valence-electron chi connectivity index (χ1n) is 5.62. The number of carboxylic acid groups (broad SMARTS) is 1. The zero-order valence-electron chi connectivity index (χ0n) is 9.66. The zero-order chi connectivity index (χ0) is 11.2. The van der Waals surface area contributed by atoms with Gasteiger partial charge in [0.15, 0.2) is 0 Å². The number of nitrogens with zero attached hydrogens (tertiary/aromatic N) is 1. The van der Waals surface area contributed by atoms with E-state index in [2.05, 4.69) is 20.9 Å². The van der Waals surface area contributed by atoms with Crippen molar-refractivity contribution in [3.8, 4) is 0 Å². The van der Waals surface area contributed by atoms with Crippen LogP contribution < -0.4 is 0 Å². The zero-order valence-corrected chi connectivity index (χ0v) is 12.5. The van der Waals surface area contributed by atoms with Crippen LogP contribution in [0, 0.1) is 0 Å². The summed E-state index contributed by atoms with van der Waals surface area (Å²) in [6, 6.07) is 0.468. The first-order chi connectivity index (χ1) is 6.89. The van der Waals surface area contributed by atoms with Gasteiger partial charge < -0.3 is 0 Å². The Labute approximate surface area is 95.0 Å². The summed E-state index contributed by atoms with van der Waals surface area (Å²) < 4.78 is 1.63. The van der Waals surface area contributed by atoms with Crippen molar-refractivity contribution in [2.75, 3.05) is 0 Å². The predicted molar refractivity (Wildman–Crippen MR) is 62.7 cm³/mol. The molecule has 3 nitrogen and oxygen atoms in total. The number of fused-ring (bicyclic) bond motifs is 2. The molecule has 0 radical (unpaired) electrons. The fourth-order valence-corrected chi connectivity index (χ4v) is 7.08. The fourth-order valence-electron chi connectivity index (χ4n) is 2.68. The molecule has 1 saturated heterocycles. The van der Waals surface area contributed by atoms with E-state index >= 15 is 0 Å². The predicted octanol–water partition coefficient (Wildman–Crippen LogP) is 2.70. The quantitative estimate of drug-likeness (QED) is 0.756. The average molecular weight is 316 g/mol. The average Bonchev–Trinajstić information content (AvgIpc) is 2.35. The van der Waals surface area contributed by atoms with Gasteiger partial charge in [0, 0.05) is 0 Å². The Balaban J connectivity index is 2.25. The van der Waals surface area contributed by atoms with E-state index in [0.717, 1.165) is 19.3 Å². The molecule has 0 saturated carbocycles. The second-order valence-electron chi connectivity index (χ2n) is 5.63. The number of rotatable bonds is 1. The number of hydrogen-bond donors (Lipinski definition) is 1. The minimum absolute atomic E-state index is 0.187. The normalized spacial score (nSPS) is 30.3. The van der Waals surface area contributed by atoms with Gasteiger partial charge in [-0.15, -0.1) is 0 Å². The van der Waals surface area contributed by atoms with Crippen LogP contribution in [0.1, 0.15) is 19.3 Å². The second kappa shape index (κ2) is 3.68. The van der Waals surface area contributed by atoms with Crippen LogP contribution in [0.5, 0.6) is 0 Å². The van der Waals surface area contributed by atoms with Crippen molar-refractivity contribution in [3.63, 3.8) is 0 Å². The van der Waals surface area contributed by atoms with Gasteiger partial charge in [-0.2, -0.15) is 0 Å². The van der Waals surface area contributed by atoms with Crippen molar-refractivity contribution < 1.29 is 9.90 Å². The Morgan fingerprint density at radius 1 is 1.47 bits per heavy atom. The molecule has 84 valence electrons. The van der Waals surface area contributed by atoms with E-state index < -0.39 is 24.5 Å². The molecule has 2 bridgehead atoms. The molecule has 15 heavy (non-hydrogen) atoms. The van der Waals surface area contributed by atoms with Gasteiger partial charge in [-0.25, -0.2) is 0 Å². The molecule has 2 aliphatic rings.